The first-order valence-corrected chi connectivity index (χ1v) is 6.88. The summed E-state index contributed by atoms with van der Waals surface area (Å²) in [6.45, 7) is 2.91. The Morgan fingerprint density at radius 1 is 1.21 bits per heavy atom. The summed E-state index contributed by atoms with van der Waals surface area (Å²) in [5, 5.41) is 4.29. The van der Waals surface area contributed by atoms with Crippen LogP contribution in [0.1, 0.15) is 24.1 Å². The van der Waals surface area contributed by atoms with E-state index in [4.69, 9.17) is 16.3 Å². The Morgan fingerprint density at radius 2 is 2.05 bits per heavy atom. The molecule has 0 fully saturated rings. The van der Waals surface area contributed by atoms with E-state index in [0.717, 1.165) is 35.1 Å². The van der Waals surface area contributed by atoms with Crippen molar-refractivity contribution in [3.63, 3.8) is 0 Å². The van der Waals surface area contributed by atoms with Crippen LogP contribution < -0.4 is 10.1 Å². The van der Waals surface area contributed by atoms with Gasteiger partial charge in [-0.05, 0) is 42.3 Å². The molecule has 0 bridgehead atoms. The number of benzene rings is 2. The number of hydrogen-bond donors (Lipinski definition) is 1. The normalized spacial score (nSPS) is 14.6. The minimum Gasteiger partial charge on any atom is -0.493 e. The van der Waals surface area contributed by atoms with E-state index in [2.05, 4.69) is 30.4 Å². The Hall–Kier alpha value is -1.67. The average Bonchev–Trinajstić information content (AvgIpc) is 2.86. The highest BCUT2D eigenvalue weighted by molar-refractivity contribution is 6.31. The first-order chi connectivity index (χ1) is 9.24. The van der Waals surface area contributed by atoms with Crippen molar-refractivity contribution in [3.8, 4) is 5.75 Å². The zero-order valence-electron chi connectivity index (χ0n) is 10.8. The fraction of sp³-hybridized carbons (Fsp3) is 0.250. The quantitative estimate of drug-likeness (QED) is 0.892. The molecule has 0 aromatic heterocycles. The van der Waals surface area contributed by atoms with Gasteiger partial charge in [0.05, 0.1) is 6.61 Å². The summed E-state index contributed by atoms with van der Waals surface area (Å²) in [4.78, 5) is 0. The lowest BCUT2D eigenvalue weighted by Crippen LogP contribution is -2.07. The van der Waals surface area contributed by atoms with Gasteiger partial charge in [0.1, 0.15) is 5.75 Å². The van der Waals surface area contributed by atoms with Crippen molar-refractivity contribution >= 4 is 17.3 Å². The second kappa shape index (κ2) is 5.14. The van der Waals surface area contributed by atoms with Gasteiger partial charge in [-0.3, -0.25) is 0 Å². The zero-order valence-corrected chi connectivity index (χ0v) is 11.6. The SMILES string of the molecule is CC(Nc1ccc2c(c1)CCO2)c1ccccc1Cl. The van der Waals surface area contributed by atoms with Crippen LogP contribution in [0.2, 0.25) is 5.02 Å². The maximum absolute atomic E-state index is 6.22. The summed E-state index contributed by atoms with van der Waals surface area (Å²) >= 11 is 6.22. The van der Waals surface area contributed by atoms with Crippen LogP contribution in [0.15, 0.2) is 42.5 Å². The van der Waals surface area contributed by atoms with Gasteiger partial charge in [0.2, 0.25) is 0 Å². The highest BCUT2D eigenvalue weighted by atomic mass is 35.5. The van der Waals surface area contributed by atoms with Crippen molar-refractivity contribution in [3.05, 3.63) is 58.6 Å². The predicted molar refractivity (Wildman–Crippen MR) is 79.1 cm³/mol. The van der Waals surface area contributed by atoms with Gasteiger partial charge in [-0.1, -0.05) is 29.8 Å². The molecule has 0 amide bonds. The van der Waals surface area contributed by atoms with Gasteiger partial charge in [0, 0.05) is 23.2 Å². The van der Waals surface area contributed by atoms with Gasteiger partial charge >= 0.3 is 0 Å². The number of fused-ring (bicyclic) bond motifs is 1. The molecule has 1 N–H and O–H groups in total. The summed E-state index contributed by atoms with van der Waals surface area (Å²) in [6, 6.07) is 14.4. The first-order valence-electron chi connectivity index (χ1n) is 6.51. The fourth-order valence-electron chi connectivity index (χ4n) is 2.43. The lowest BCUT2D eigenvalue weighted by molar-refractivity contribution is 0.357. The molecule has 0 saturated carbocycles. The molecule has 3 rings (SSSR count). The van der Waals surface area contributed by atoms with Crippen LogP contribution >= 0.6 is 11.6 Å². The Labute approximate surface area is 118 Å². The van der Waals surface area contributed by atoms with Gasteiger partial charge in [-0.2, -0.15) is 0 Å². The second-order valence-electron chi connectivity index (χ2n) is 4.81. The summed E-state index contributed by atoms with van der Waals surface area (Å²) in [6.07, 6.45) is 0.991. The number of anilines is 1. The topological polar surface area (TPSA) is 21.3 Å². The van der Waals surface area contributed by atoms with Crippen LogP contribution in [-0.4, -0.2) is 6.61 Å². The lowest BCUT2D eigenvalue weighted by Gasteiger charge is -2.17. The first kappa shape index (κ1) is 12.4. The van der Waals surface area contributed by atoms with Gasteiger partial charge < -0.3 is 10.1 Å². The van der Waals surface area contributed by atoms with E-state index in [-0.39, 0.29) is 6.04 Å². The molecule has 0 radical (unpaired) electrons. The smallest absolute Gasteiger partial charge is 0.122 e. The van der Waals surface area contributed by atoms with Crippen molar-refractivity contribution in [1.82, 2.24) is 0 Å². The molecule has 1 heterocycles. The zero-order chi connectivity index (χ0) is 13.2. The number of ether oxygens (including phenoxy) is 1. The second-order valence-corrected chi connectivity index (χ2v) is 5.22. The molecule has 1 atom stereocenters. The molecule has 0 spiro atoms. The summed E-state index contributed by atoms with van der Waals surface area (Å²) in [5.74, 6) is 1.01. The largest absolute Gasteiger partial charge is 0.493 e. The summed E-state index contributed by atoms with van der Waals surface area (Å²) in [5.41, 5.74) is 3.49. The summed E-state index contributed by atoms with van der Waals surface area (Å²) in [7, 11) is 0. The minimum atomic E-state index is 0.175. The van der Waals surface area contributed by atoms with E-state index in [1.54, 1.807) is 0 Å². The molecule has 0 aliphatic carbocycles. The van der Waals surface area contributed by atoms with Gasteiger partial charge in [-0.15, -0.1) is 0 Å². The molecule has 19 heavy (non-hydrogen) atoms. The molecule has 1 aliphatic heterocycles. The van der Waals surface area contributed by atoms with Gasteiger partial charge in [0.15, 0.2) is 0 Å². The maximum atomic E-state index is 6.22. The molecule has 2 aromatic carbocycles. The number of halogens is 1. The Bertz CT molecular complexity index is 597. The van der Waals surface area contributed by atoms with Crippen LogP contribution in [0, 0.1) is 0 Å². The monoisotopic (exact) mass is 273 g/mol. The van der Waals surface area contributed by atoms with Crippen molar-refractivity contribution in [2.24, 2.45) is 0 Å². The number of hydrogen-bond acceptors (Lipinski definition) is 2. The third kappa shape index (κ3) is 2.54. The average molecular weight is 274 g/mol. The van der Waals surface area contributed by atoms with Crippen molar-refractivity contribution < 1.29 is 4.74 Å². The molecule has 98 valence electrons. The Balaban J connectivity index is 1.80. The van der Waals surface area contributed by atoms with E-state index < -0.39 is 0 Å². The lowest BCUT2D eigenvalue weighted by atomic mass is 10.1. The summed E-state index contributed by atoms with van der Waals surface area (Å²) < 4.78 is 5.51. The molecule has 1 unspecified atom stereocenters. The van der Waals surface area contributed by atoms with Crippen LogP contribution in [-0.2, 0) is 6.42 Å². The van der Waals surface area contributed by atoms with Gasteiger partial charge in [0.25, 0.3) is 0 Å². The Kier molecular flexibility index (Phi) is 3.34. The molecule has 1 aliphatic rings. The predicted octanol–water partition coefficient (Wildman–Crippen LogP) is 4.45. The van der Waals surface area contributed by atoms with E-state index >= 15 is 0 Å². The third-order valence-corrected chi connectivity index (χ3v) is 3.79. The molecule has 2 aromatic rings. The molecule has 2 nitrogen and oxygen atoms in total. The van der Waals surface area contributed by atoms with Crippen LogP contribution in [0.3, 0.4) is 0 Å². The van der Waals surface area contributed by atoms with E-state index in [1.165, 1.54) is 5.56 Å². The van der Waals surface area contributed by atoms with Gasteiger partial charge in [-0.25, -0.2) is 0 Å². The van der Waals surface area contributed by atoms with Crippen LogP contribution in [0.25, 0.3) is 0 Å². The van der Waals surface area contributed by atoms with Crippen molar-refractivity contribution in [2.75, 3.05) is 11.9 Å². The number of nitrogens with one attached hydrogen (secondary N) is 1. The highest BCUT2D eigenvalue weighted by Gasteiger charge is 2.14. The minimum absolute atomic E-state index is 0.175. The van der Waals surface area contributed by atoms with E-state index in [1.807, 2.05) is 24.3 Å². The molecular weight excluding hydrogens is 258 g/mol. The fourth-order valence-corrected chi connectivity index (χ4v) is 2.73. The highest BCUT2D eigenvalue weighted by Crippen LogP contribution is 2.30. The standard InChI is InChI=1S/C16H16ClNO/c1-11(14-4-2-3-5-15(14)17)18-13-6-7-16-12(10-13)8-9-19-16/h2-7,10-11,18H,8-9H2,1H3. The van der Waals surface area contributed by atoms with Crippen molar-refractivity contribution in [2.45, 2.75) is 19.4 Å². The van der Waals surface area contributed by atoms with E-state index in [0.29, 0.717) is 0 Å². The third-order valence-electron chi connectivity index (χ3n) is 3.44. The van der Waals surface area contributed by atoms with Crippen LogP contribution in [0.5, 0.6) is 5.75 Å². The number of rotatable bonds is 3. The molecule has 3 heteroatoms. The molecule has 0 saturated heterocycles. The molecular formula is C16H16ClNO. The van der Waals surface area contributed by atoms with Crippen molar-refractivity contribution in [1.29, 1.82) is 0 Å². The maximum Gasteiger partial charge on any atom is 0.122 e. The Morgan fingerprint density at radius 3 is 2.89 bits per heavy atom. The van der Waals surface area contributed by atoms with Crippen LogP contribution in [0.4, 0.5) is 5.69 Å². The van der Waals surface area contributed by atoms with E-state index in [9.17, 15) is 0 Å².